The topological polar surface area (TPSA) is 87.3 Å². The summed E-state index contributed by atoms with van der Waals surface area (Å²) in [5.41, 5.74) is 1.82. The summed E-state index contributed by atoms with van der Waals surface area (Å²) in [6.45, 7) is 3.82. The molecule has 1 aliphatic rings. The summed E-state index contributed by atoms with van der Waals surface area (Å²) in [4.78, 5) is 12.4. The molecule has 0 bridgehead atoms. The number of amides is 1. The molecule has 1 saturated heterocycles. The normalized spacial score (nSPS) is 16.9. The van der Waals surface area contributed by atoms with Gasteiger partial charge in [-0.15, -0.1) is 0 Å². The van der Waals surface area contributed by atoms with Crippen molar-refractivity contribution >= 4 is 27.3 Å². The molecule has 1 unspecified atom stereocenters. The third-order valence-electron chi connectivity index (χ3n) is 4.76. The molecule has 3 rings (SSSR count). The van der Waals surface area contributed by atoms with Crippen LogP contribution in [0.4, 0.5) is 11.4 Å². The summed E-state index contributed by atoms with van der Waals surface area (Å²) in [5, 5.41) is 6.16. The molecule has 1 amide bonds. The van der Waals surface area contributed by atoms with Gasteiger partial charge in [0.05, 0.1) is 10.6 Å². The Labute approximate surface area is 160 Å². The summed E-state index contributed by atoms with van der Waals surface area (Å²) in [7, 11) is -3.67. The van der Waals surface area contributed by atoms with Gasteiger partial charge in [-0.05, 0) is 68.6 Å². The number of benzene rings is 2. The van der Waals surface area contributed by atoms with E-state index in [1.807, 2.05) is 6.92 Å². The van der Waals surface area contributed by atoms with Crippen LogP contribution in [0.25, 0.3) is 0 Å². The highest BCUT2D eigenvalue weighted by Crippen LogP contribution is 2.24. The largest absolute Gasteiger partial charge is 0.326 e. The lowest BCUT2D eigenvalue weighted by atomic mass is 10.0. The average molecular weight is 388 g/mol. The second kappa shape index (κ2) is 8.54. The summed E-state index contributed by atoms with van der Waals surface area (Å²) >= 11 is 0. The highest BCUT2D eigenvalue weighted by molar-refractivity contribution is 7.92. The average Bonchev–Trinajstić information content (AvgIpc) is 3.17. The van der Waals surface area contributed by atoms with E-state index in [-0.39, 0.29) is 10.8 Å². The van der Waals surface area contributed by atoms with Crippen LogP contribution in [-0.2, 0) is 14.8 Å². The van der Waals surface area contributed by atoms with E-state index in [1.54, 1.807) is 48.5 Å². The Bertz CT molecular complexity index is 892. The van der Waals surface area contributed by atoms with Gasteiger partial charge in [-0.1, -0.05) is 24.3 Å². The van der Waals surface area contributed by atoms with Crippen LogP contribution in [0, 0.1) is 12.8 Å². The van der Waals surface area contributed by atoms with Gasteiger partial charge in [0, 0.05) is 12.1 Å². The Hall–Kier alpha value is -2.38. The molecule has 1 aliphatic heterocycles. The SMILES string of the molecule is Cc1ccc(NC(=O)CCC2CCNC2)cc1NS(=O)(=O)c1ccccc1. The van der Waals surface area contributed by atoms with E-state index in [0.29, 0.717) is 23.7 Å². The molecule has 0 saturated carbocycles. The maximum Gasteiger partial charge on any atom is 0.261 e. The summed E-state index contributed by atoms with van der Waals surface area (Å²) in [5.74, 6) is 0.504. The van der Waals surface area contributed by atoms with Crippen molar-refractivity contribution in [2.45, 2.75) is 31.1 Å². The molecule has 3 N–H and O–H groups in total. The molecule has 2 aromatic rings. The maximum absolute atomic E-state index is 12.5. The van der Waals surface area contributed by atoms with Crippen LogP contribution < -0.4 is 15.4 Å². The maximum atomic E-state index is 12.5. The number of aryl methyl sites for hydroxylation is 1. The lowest BCUT2D eigenvalue weighted by Crippen LogP contribution is -2.16. The highest BCUT2D eigenvalue weighted by Gasteiger charge is 2.17. The smallest absolute Gasteiger partial charge is 0.261 e. The first kappa shape index (κ1) is 19.4. The summed E-state index contributed by atoms with van der Waals surface area (Å²) < 4.78 is 27.7. The zero-order valence-corrected chi connectivity index (χ0v) is 16.2. The van der Waals surface area contributed by atoms with Crippen LogP contribution in [0.3, 0.4) is 0 Å². The predicted molar refractivity (Wildman–Crippen MR) is 107 cm³/mol. The Morgan fingerprint density at radius 1 is 1.19 bits per heavy atom. The quantitative estimate of drug-likeness (QED) is 0.681. The molecule has 144 valence electrons. The number of carbonyl (C=O) groups excluding carboxylic acids is 1. The lowest BCUT2D eigenvalue weighted by Gasteiger charge is -2.13. The fourth-order valence-corrected chi connectivity index (χ4v) is 4.28. The van der Waals surface area contributed by atoms with Crippen LogP contribution in [0.5, 0.6) is 0 Å². The molecule has 7 heteroatoms. The molecule has 1 heterocycles. The van der Waals surface area contributed by atoms with Gasteiger partial charge in [0.2, 0.25) is 5.91 Å². The molecule has 27 heavy (non-hydrogen) atoms. The third-order valence-corrected chi connectivity index (χ3v) is 6.14. The van der Waals surface area contributed by atoms with Crippen LogP contribution in [0.15, 0.2) is 53.4 Å². The van der Waals surface area contributed by atoms with Crippen LogP contribution >= 0.6 is 0 Å². The van der Waals surface area contributed by atoms with E-state index in [0.717, 1.165) is 31.5 Å². The zero-order valence-electron chi connectivity index (χ0n) is 15.4. The van der Waals surface area contributed by atoms with Crippen molar-refractivity contribution in [1.82, 2.24) is 5.32 Å². The Kier molecular flexibility index (Phi) is 6.13. The van der Waals surface area contributed by atoms with Crippen molar-refractivity contribution in [3.8, 4) is 0 Å². The van der Waals surface area contributed by atoms with Gasteiger partial charge in [-0.3, -0.25) is 9.52 Å². The molecular weight excluding hydrogens is 362 g/mol. The number of nitrogens with one attached hydrogen (secondary N) is 3. The minimum Gasteiger partial charge on any atom is -0.326 e. The van der Waals surface area contributed by atoms with E-state index >= 15 is 0 Å². The first-order valence-electron chi connectivity index (χ1n) is 9.13. The Morgan fingerprint density at radius 2 is 1.96 bits per heavy atom. The van der Waals surface area contributed by atoms with Crippen molar-refractivity contribution in [2.24, 2.45) is 5.92 Å². The van der Waals surface area contributed by atoms with Gasteiger partial charge in [0.15, 0.2) is 0 Å². The zero-order chi connectivity index (χ0) is 19.3. The van der Waals surface area contributed by atoms with Crippen LogP contribution in [0.2, 0.25) is 0 Å². The van der Waals surface area contributed by atoms with Crippen molar-refractivity contribution in [3.63, 3.8) is 0 Å². The first-order chi connectivity index (χ1) is 12.9. The molecule has 0 radical (unpaired) electrons. The number of rotatable bonds is 7. The van der Waals surface area contributed by atoms with Gasteiger partial charge in [-0.2, -0.15) is 0 Å². The Morgan fingerprint density at radius 3 is 2.67 bits per heavy atom. The molecule has 0 spiro atoms. The van der Waals surface area contributed by atoms with Crippen molar-refractivity contribution in [2.75, 3.05) is 23.1 Å². The fourth-order valence-electron chi connectivity index (χ4n) is 3.13. The summed E-state index contributed by atoms with van der Waals surface area (Å²) in [6, 6.07) is 13.4. The molecule has 6 nitrogen and oxygen atoms in total. The molecular formula is C20H25N3O3S. The third kappa shape index (κ3) is 5.30. The molecule has 0 aliphatic carbocycles. The summed E-state index contributed by atoms with van der Waals surface area (Å²) in [6.07, 6.45) is 2.44. The molecule has 2 aromatic carbocycles. The van der Waals surface area contributed by atoms with Gasteiger partial charge in [0.25, 0.3) is 10.0 Å². The minimum atomic E-state index is -3.67. The lowest BCUT2D eigenvalue weighted by molar-refractivity contribution is -0.116. The van der Waals surface area contributed by atoms with E-state index in [2.05, 4.69) is 15.4 Å². The first-order valence-corrected chi connectivity index (χ1v) is 10.6. The standard InChI is InChI=1S/C20H25N3O3S/c1-15-7-9-17(22-20(24)10-8-16-11-12-21-14-16)13-19(15)23-27(25,26)18-5-3-2-4-6-18/h2-7,9,13,16,21,23H,8,10-12,14H2,1H3,(H,22,24). The molecule has 1 atom stereocenters. The number of anilines is 2. The highest BCUT2D eigenvalue weighted by atomic mass is 32.2. The van der Waals surface area contributed by atoms with Gasteiger partial charge < -0.3 is 10.6 Å². The fraction of sp³-hybridized carbons (Fsp3) is 0.350. The van der Waals surface area contributed by atoms with E-state index in [9.17, 15) is 13.2 Å². The van der Waals surface area contributed by atoms with Gasteiger partial charge in [-0.25, -0.2) is 8.42 Å². The van der Waals surface area contributed by atoms with Crippen LogP contribution in [0.1, 0.15) is 24.8 Å². The number of hydrogen-bond donors (Lipinski definition) is 3. The predicted octanol–water partition coefficient (Wildman–Crippen LogP) is 3.12. The minimum absolute atomic E-state index is 0.0531. The van der Waals surface area contributed by atoms with E-state index in [4.69, 9.17) is 0 Å². The molecule has 0 aromatic heterocycles. The van der Waals surface area contributed by atoms with Crippen molar-refractivity contribution < 1.29 is 13.2 Å². The van der Waals surface area contributed by atoms with Crippen LogP contribution in [-0.4, -0.2) is 27.4 Å². The monoisotopic (exact) mass is 387 g/mol. The Balaban J connectivity index is 1.66. The second-order valence-corrected chi connectivity index (χ2v) is 8.58. The van der Waals surface area contributed by atoms with Gasteiger partial charge in [0.1, 0.15) is 0 Å². The number of sulfonamides is 1. The second-order valence-electron chi connectivity index (χ2n) is 6.89. The number of hydrogen-bond acceptors (Lipinski definition) is 4. The number of carbonyl (C=O) groups is 1. The van der Waals surface area contributed by atoms with E-state index in [1.165, 1.54) is 0 Å². The van der Waals surface area contributed by atoms with Crippen molar-refractivity contribution in [3.05, 3.63) is 54.1 Å². The van der Waals surface area contributed by atoms with Crippen molar-refractivity contribution in [1.29, 1.82) is 0 Å². The van der Waals surface area contributed by atoms with Gasteiger partial charge >= 0.3 is 0 Å². The molecule has 1 fully saturated rings. The van der Waals surface area contributed by atoms with E-state index < -0.39 is 10.0 Å².